The molecule has 2 saturated heterocycles. The minimum atomic E-state index is 0.764. The molecule has 2 aliphatic rings. The summed E-state index contributed by atoms with van der Waals surface area (Å²) < 4.78 is 0. The van der Waals surface area contributed by atoms with Crippen molar-refractivity contribution in [1.29, 1.82) is 0 Å². The maximum atomic E-state index is 6.66. The second-order valence-electron chi connectivity index (χ2n) is 10.4. The van der Waals surface area contributed by atoms with E-state index in [1.165, 1.54) is 43.6 Å². The number of likely N-dealkylation sites (N-methyl/N-ethyl adjacent to an activating group) is 2. The molecule has 0 radical (unpaired) electrons. The highest BCUT2D eigenvalue weighted by atomic mass is 35.5. The summed E-state index contributed by atoms with van der Waals surface area (Å²) >= 11 is 6.66. The number of pyridine rings is 1. The van der Waals surface area contributed by atoms with Crippen molar-refractivity contribution in [2.75, 3.05) is 66.5 Å². The predicted molar refractivity (Wildman–Crippen MR) is 147 cm³/mol. The molecule has 3 heterocycles. The van der Waals surface area contributed by atoms with Crippen LogP contribution in [0.5, 0.6) is 0 Å². The molecule has 2 fully saturated rings. The average molecular weight is 492 g/mol. The van der Waals surface area contributed by atoms with Gasteiger partial charge in [-0.25, -0.2) is 4.98 Å². The normalized spacial score (nSPS) is 19.6. The van der Waals surface area contributed by atoms with Crippen molar-refractivity contribution in [2.24, 2.45) is 0 Å². The van der Waals surface area contributed by atoms with Crippen LogP contribution in [0.2, 0.25) is 5.02 Å². The fourth-order valence-electron chi connectivity index (χ4n) is 5.37. The summed E-state index contributed by atoms with van der Waals surface area (Å²) in [6.45, 7) is 11.2. The van der Waals surface area contributed by atoms with E-state index in [-0.39, 0.29) is 0 Å². The SMILES string of the molecule is CN1CCCN(Cc2ccc(-c3cc(Cl)c4ccccc4n3)cc2CN2CCCN(C)CC2)CC1. The fraction of sp³-hybridized carbons (Fsp3) is 0.483. The lowest BCUT2D eigenvalue weighted by atomic mass is 10.00. The second-order valence-corrected chi connectivity index (χ2v) is 10.8. The molecule has 2 aliphatic heterocycles. The molecule has 0 spiro atoms. The lowest BCUT2D eigenvalue weighted by molar-refractivity contribution is 0.257. The first kappa shape index (κ1) is 24.7. The number of nitrogens with zero attached hydrogens (tertiary/aromatic N) is 5. The van der Waals surface area contributed by atoms with E-state index >= 15 is 0 Å². The molecule has 0 N–H and O–H groups in total. The number of para-hydroxylation sites is 1. The van der Waals surface area contributed by atoms with Gasteiger partial charge in [-0.15, -0.1) is 0 Å². The Labute approximate surface area is 215 Å². The number of aromatic nitrogens is 1. The number of rotatable bonds is 5. The zero-order chi connectivity index (χ0) is 24.2. The maximum Gasteiger partial charge on any atom is 0.0724 e. The van der Waals surface area contributed by atoms with Crippen molar-refractivity contribution in [3.8, 4) is 11.3 Å². The van der Waals surface area contributed by atoms with Crippen molar-refractivity contribution in [3.63, 3.8) is 0 Å². The van der Waals surface area contributed by atoms with Crippen LogP contribution >= 0.6 is 11.6 Å². The summed E-state index contributed by atoms with van der Waals surface area (Å²) in [7, 11) is 4.48. The van der Waals surface area contributed by atoms with Crippen molar-refractivity contribution < 1.29 is 0 Å². The Morgan fingerprint density at radius 2 is 1.37 bits per heavy atom. The minimum absolute atomic E-state index is 0.764. The van der Waals surface area contributed by atoms with Gasteiger partial charge in [-0.05, 0) is 82.4 Å². The van der Waals surface area contributed by atoms with E-state index < -0.39 is 0 Å². The summed E-state index contributed by atoms with van der Waals surface area (Å²) in [5, 5.41) is 1.77. The summed E-state index contributed by atoms with van der Waals surface area (Å²) in [5.74, 6) is 0. The molecule has 0 unspecified atom stereocenters. The van der Waals surface area contributed by atoms with Crippen LogP contribution in [0.25, 0.3) is 22.2 Å². The molecule has 1 aromatic heterocycles. The molecule has 0 saturated carbocycles. The van der Waals surface area contributed by atoms with E-state index in [2.05, 4.69) is 51.9 Å². The van der Waals surface area contributed by atoms with Crippen LogP contribution in [-0.4, -0.2) is 91.0 Å². The Kier molecular flexibility index (Phi) is 8.01. The van der Waals surface area contributed by atoms with Crippen molar-refractivity contribution in [1.82, 2.24) is 24.6 Å². The van der Waals surface area contributed by atoms with Crippen molar-refractivity contribution in [3.05, 3.63) is 64.7 Å². The predicted octanol–water partition coefficient (Wildman–Crippen LogP) is 4.83. The van der Waals surface area contributed by atoms with Gasteiger partial charge in [0, 0.05) is 50.2 Å². The van der Waals surface area contributed by atoms with Crippen LogP contribution in [0.1, 0.15) is 24.0 Å². The highest BCUT2D eigenvalue weighted by molar-refractivity contribution is 6.35. The van der Waals surface area contributed by atoms with Crippen LogP contribution in [-0.2, 0) is 13.1 Å². The van der Waals surface area contributed by atoms with Crippen molar-refractivity contribution in [2.45, 2.75) is 25.9 Å². The van der Waals surface area contributed by atoms with Gasteiger partial charge in [0.15, 0.2) is 0 Å². The van der Waals surface area contributed by atoms with Gasteiger partial charge in [-0.2, -0.15) is 0 Å². The first-order valence-corrected chi connectivity index (χ1v) is 13.4. The van der Waals surface area contributed by atoms with Crippen LogP contribution in [0.3, 0.4) is 0 Å². The van der Waals surface area contributed by atoms with E-state index in [4.69, 9.17) is 16.6 Å². The van der Waals surface area contributed by atoms with Crippen molar-refractivity contribution >= 4 is 22.5 Å². The summed E-state index contributed by atoms with van der Waals surface area (Å²) in [6.07, 6.45) is 2.47. The zero-order valence-electron chi connectivity index (χ0n) is 21.2. The Morgan fingerprint density at radius 3 is 2.09 bits per heavy atom. The van der Waals surface area contributed by atoms with E-state index in [0.29, 0.717) is 0 Å². The molecule has 35 heavy (non-hydrogen) atoms. The average Bonchev–Trinajstić information content (AvgIpc) is 3.19. The fourth-order valence-corrected chi connectivity index (χ4v) is 5.63. The number of hydrogen-bond donors (Lipinski definition) is 0. The Hall–Kier alpha value is -2.02. The van der Waals surface area contributed by atoms with Gasteiger partial charge in [0.25, 0.3) is 0 Å². The lowest BCUT2D eigenvalue weighted by Gasteiger charge is -2.25. The standard InChI is InChI=1S/C29H38ClN5/c1-32-11-5-13-34(17-15-32)21-24-10-9-23(19-25(24)22-35-14-6-12-33(2)16-18-35)29-20-27(30)26-7-3-4-8-28(26)31-29/h3-4,7-10,19-20H,5-6,11-18,21-22H2,1-2H3. The third-order valence-corrected chi connectivity index (χ3v) is 7.89. The molecule has 0 aliphatic carbocycles. The Bertz CT molecular complexity index is 1150. The molecule has 3 aromatic rings. The van der Waals surface area contributed by atoms with Crippen LogP contribution in [0.15, 0.2) is 48.5 Å². The largest absolute Gasteiger partial charge is 0.305 e. The molecule has 0 atom stereocenters. The highest BCUT2D eigenvalue weighted by Crippen LogP contribution is 2.30. The quantitative estimate of drug-likeness (QED) is 0.509. The highest BCUT2D eigenvalue weighted by Gasteiger charge is 2.18. The van der Waals surface area contributed by atoms with Gasteiger partial charge in [0.1, 0.15) is 0 Å². The van der Waals surface area contributed by atoms with Gasteiger partial charge in [0.05, 0.1) is 16.2 Å². The maximum absolute atomic E-state index is 6.66. The number of hydrogen-bond acceptors (Lipinski definition) is 5. The second kappa shape index (κ2) is 11.4. The summed E-state index contributed by atoms with van der Waals surface area (Å²) in [4.78, 5) is 15.1. The number of halogens is 1. The van der Waals surface area contributed by atoms with Crippen LogP contribution < -0.4 is 0 Å². The Balaban J connectivity index is 1.46. The number of fused-ring (bicyclic) bond motifs is 1. The van der Waals surface area contributed by atoms with E-state index in [1.54, 1.807) is 0 Å². The third-order valence-electron chi connectivity index (χ3n) is 7.58. The first-order chi connectivity index (χ1) is 17.0. The van der Waals surface area contributed by atoms with Gasteiger partial charge in [-0.3, -0.25) is 9.80 Å². The molecule has 0 amide bonds. The summed E-state index contributed by atoms with van der Waals surface area (Å²) in [6, 6.07) is 17.1. The van der Waals surface area contributed by atoms with E-state index in [0.717, 1.165) is 73.0 Å². The van der Waals surface area contributed by atoms with Gasteiger partial charge in [0.2, 0.25) is 0 Å². The lowest BCUT2D eigenvalue weighted by Crippen LogP contribution is -2.31. The molecule has 0 bridgehead atoms. The van der Waals surface area contributed by atoms with Crippen LogP contribution in [0.4, 0.5) is 0 Å². The van der Waals surface area contributed by atoms with E-state index in [1.807, 2.05) is 30.3 Å². The zero-order valence-corrected chi connectivity index (χ0v) is 22.0. The molecular weight excluding hydrogens is 454 g/mol. The molecule has 5 rings (SSSR count). The molecule has 6 heteroatoms. The van der Waals surface area contributed by atoms with Crippen LogP contribution in [0, 0.1) is 0 Å². The molecule has 5 nitrogen and oxygen atoms in total. The third kappa shape index (κ3) is 6.22. The number of benzene rings is 2. The van der Waals surface area contributed by atoms with Gasteiger partial charge >= 0.3 is 0 Å². The first-order valence-electron chi connectivity index (χ1n) is 13.0. The minimum Gasteiger partial charge on any atom is -0.305 e. The van der Waals surface area contributed by atoms with Gasteiger partial charge in [-0.1, -0.05) is 41.9 Å². The molecular formula is C29H38ClN5. The smallest absolute Gasteiger partial charge is 0.0724 e. The Morgan fingerprint density at radius 1 is 0.714 bits per heavy atom. The molecule has 186 valence electrons. The molecule has 2 aromatic carbocycles. The van der Waals surface area contributed by atoms with Gasteiger partial charge < -0.3 is 9.80 Å². The topological polar surface area (TPSA) is 25.9 Å². The van der Waals surface area contributed by atoms with E-state index in [9.17, 15) is 0 Å². The monoisotopic (exact) mass is 491 g/mol. The summed E-state index contributed by atoms with van der Waals surface area (Å²) in [5.41, 5.74) is 5.93.